The minimum absolute atomic E-state index is 0.143. The van der Waals surface area contributed by atoms with Crippen molar-refractivity contribution in [3.8, 4) is 17.2 Å². The molecule has 5 aliphatic heterocycles. The molecule has 5 heterocycles. The highest BCUT2D eigenvalue weighted by Gasteiger charge is 2.48. The van der Waals surface area contributed by atoms with Gasteiger partial charge < -0.3 is 29.3 Å². The predicted octanol–water partition coefficient (Wildman–Crippen LogP) is 6.60. The van der Waals surface area contributed by atoms with Gasteiger partial charge in [0.25, 0.3) is 5.91 Å². The Labute approximate surface area is 357 Å². The largest absolute Gasteiger partial charge is 0.508 e. The Morgan fingerprint density at radius 2 is 1.69 bits per heavy atom. The van der Waals surface area contributed by atoms with Gasteiger partial charge in [-0.15, -0.1) is 0 Å². The maximum Gasteiger partial charge on any atom is 0.255 e. The van der Waals surface area contributed by atoms with Gasteiger partial charge in [0.1, 0.15) is 29.9 Å². The summed E-state index contributed by atoms with van der Waals surface area (Å²) in [5, 5.41) is 12.7. The number of anilines is 2. The molecular formula is C50H55N5O6. The van der Waals surface area contributed by atoms with Crippen LogP contribution in [0.25, 0.3) is 0 Å². The number of phenolic OH excluding ortho intramolecular Hbond substituents is 1. The Kier molecular flexibility index (Phi) is 9.51. The number of piperazine rings is 1. The number of piperidine rings is 2. The lowest BCUT2D eigenvalue weighted by atomic mass is 9.57. The first-order chi connectivity index (χ1) is 29.7. The summed E-state index contributed by atoms with van der Waals surface area (Å²) in [7, 11) is 1.80. The Bertz CT molecular complexity index is 2390. The second-order valence-corrected chi connectivity index (χ2v) is 18.9. The van der Waals surface area contributed by atoms with Gasteiger partial charge in [-0.2, -0.15) is 0 Å². The third-order valence-corrected chi connectivity index (χ3v) is 15.5. The minimum Gasteiger partial charge on any atom is -0.508 e. The quantitative estimate of drug-likeness (QED) is 0.199. The number of imide groups is 1. The molecule has 3 saturated heterocycles. The van der Waals surface area contributed by atoms with Crippen molar-refractivity contribution in [2.75, 3.05) is 62.8 Å². The molecule has 4 aromatic rings. The summed E-state index contributed by atoms with van der Waals surface area (Å²) >= 11 is 0. The van der Waals surface area contributed by atoms with E-state index in [1.54, 1.807) is 12.0 Å². The molecule has 11 nitrogen and oxygen atoms in total. The number of ether oxygens (including phenoxy) is 2. The minimum atomic E-state index is -0.633. The van der Waals surface area contributed by atoms with E-state index < -0.39 is 11.9 Å². The predicted molar refractivity (Wildman–Crippen MR) is 233 cm³/mol. The number of hydrogen-bond acceptors (Lipinski definition) is 9. The van der Waals surface area contributed by atoms with E-state index in [0.29, 0.717) is 42.2 Å². The number of methoxy groups -OCH3 is 1. The van der Waals surface area contributed by atoms with E-state index in [1.165, 1.54) is 53.6 Å². The molecule has 2 N–H and O–H groups in total. The number of amides is 3. The molecule has 1 saturated carbocycles. The number of nitrogens with one attached hydrogen (secondary N) is 1. The molecule has 0 aromatic heterocycles. The SMILES string of the molecule is COc1cc(N2CCC3(CC2)CC(CN2CCN4c5ccc6c(c5OC[C@H]4C2)CN([C@H]2CCC(=O)NC2=O)C6=O)C3)ccc1[C@@H]1c2ccc(O)cc2CC[C@@H]1c1ccccc1. The summed E-state index contributed by atoms with van der Waals surface area (Å²) in [4.78, 5) is 47.0. The molecule has 1 spiro atoms. The molecule has 2 aliphatic carbocycles. The van der Waals surface area contributed by atoms with Crippen molar-refractivity contribution in [2.24, 2.45) is 11.3 Å². The lowest BCUT2D eigenvalue weighted by Crippen LogP contribution is -2.59. The standard InChI is InChI=1S/C50H55N5O6/c1-60-44-24-34(8-11-40(44)46-37(32-5-3-2-4-6-32)10-7-33-23-36(56)9-12-38(33)46)53-19-17-50(18-20-53)25-31(26-50)27-52-21-22-54-35(28-52)30-61-47-41-29-55(43-15-16-45(57)51-48(43)58)49(59)39(41)13-14-42(47)54/h2-6,8-9,11-14,23-24,31,35,37,43,46,56H,7,10,15-22,25-30H2,1H3,(H,51,57,58)/t35-,37-,43+,46+/m1/s1. The van der Waals surface area contributed by atoms with Gasteiger partial charge in [-0.1, -0.05) is 42.5 Å². The lowest BCUT2D eigenvalue weighted by Gasteiger charge is -2.54. The van der Waals surface area contributed by atoms with Crippen molar-refractivity contribution in [1.82, 2.24) is 15.1 Å². The fourth-order valence-electron chi connectivity index (χ4n) is 12.4. The molecule has 0 unspecified atom stereocenters. The van der Waals surface area contributed by atoms with Gasteiger partial charge in [0, 0.05) is 80.1 Å². The molecule has 4 atom stereocenters. The third-order valence-electron chi connectivity index (χ3n) is 15.5. The van der Waals surface area contributed by atoms with Crippen LogP contribution in [-0.4, -0.2) is 97.7 Å². The summed E-state index contributed by atoms with van der Waals surface area (Å²) in [5.74, 6) is 2.40. The Morgan fingerprint density at radius 3 is 2.49 bits per heavy atom. The van der Waals surface area contributed by atoms with Gasteiger partial charge in [-0.05, 0) is 109 Å². The van der Waals surface area contributed by atoms with E-state index in [-0.39, 0.29) is 30.2 Å². The number of fused-ring (bicyclic) bond motifs is 6. The van der Waals surface area contributed by atoms with Gasteiger partial charge in [-0.25, -0.2) is 0 Å². The van der Waals surface area contributed by atoms with Crippen LogP contribution in [-0.2, 0) is 22.6 Å². The van der Waals surface area contributed by atoms with Crippen molar-refractivity contribution < 1.29 is 29.0 Å². The number of aryl methyl sites for hydroxylation is 1. The Balaban J connectivity index is 0.705. The molecule has 61 heavy (non-hydrogen) atoms. The van der Waals surface area contributed by atoms with Crippen LogP contribution in [0.5, 0.6) is 17.2 Å². The topological polar surface area (TPSA) is 115 Å². The second-order valence-electron chi connectivity index (χ2n) is 18.9. The average molecular weight is 822 g/mol. The van der Waals surface area contributed by atoms with Gasteiger partial charge in [0.2, 0.25) is 11.8 Å². The molecule has 0 bridgehead atoms. The number of rotatable bonds is 7. The van der Waals surface area contributed by atoms with Crippen LogP contribution in [0.15, 0.2) is 78.9 Å². The number of phenols is 1. The highest BCUT2D eigenvalue weighted by atomic mass is 16.5. The van der Waals surface area contributed by atoms with Crippen LogP contribution >= 0.6 is 0 Å². The smallest absolute Gasteiger partial charge is 0.255 e. The summed E-state index contributed by atoms with van der Waals surface area (Å²) < 4.78 is 12.7. The van der Waals surface area contributed by atoms with Crippen molar-refractivity contribution in [3.05, 3.63) is 112 Å². The number of nitrogens with zero attached hydrogens (tertiary/aromatic N) is 4. The van der Waals surface area contributed by atoms with Crippen molar-refractivity contribution in [3.63, 3.8) is 0 Å². The highest BCUT2D eigenvalue weighted by molar-refractivity contribution is 6.06. The van der Waals surface area contributed by atoms with Crippen LogP contribution in [0.4, 0.5) is 11.4 Å². The molecule has 0 radical (unpaired) electrons. The molecular weight excluding hydrogens is 767 g/mol. The van der Waals surface area contributed by atoms with Crippen molar-refractivity contribution >= 4 is 29.1 Å². The maximum atomic E-state index is 13.4. The molecule has 316 valence electrons. The first-order valence-electron chi connectivity index (χ1n) is 22.5. The monoisotopic (exact) mass is 821 g/mol. The number of carbonyl (C=O) groups is 3. The van der Waals surface area contributed by atoms with E-state index in [9.17, 15) is 19.5 Å². The van der Waals surface area contributed by atoms with E-state index in [1.807, 2.05) is 24.3 Å². The zero-order chi connectivity index (χ0) is 41.4. The van der Waals surface area contributed by atoms with Gasteiger partial charge in [0.15, 0.2) is 0 Å². The van der Waals surface area contributed by atoms with E-state index >= 15 is 0 Å². The Morgan fingerprint density at radius 1 is 0.869 bits per heavy atom. The summed E-state index contributed by atoms with van der Waals surface area (Å²) in [5.41, 5.74) is 9.26. The van der Waals surface area contributed by atoms with Crippen LogP contribution < -0.4 is 24.6 Å². The van der Waals surface area contributed by atoms with Gasteiger partial charge in [-0.3, -0.25) is 24.6 Å². The highest BCUT2D eigenvalue weighted by Crippen LogP contribution is 2.54. The zero-order valence-corrected chi connectivity index (χ0v) is 35.0. The van der Waals surface area contributed by atoms with Gasteiger partial charge in [0.05, 0.1) is 25.4 Å². The first kappa shape index (κ1) is 38.4. The van der Waals surface area contributed by atoms with Crippen LogP contribution in [0.2, 0.25) is 0 Å². The lowest BCUT2D eigenvalue weighted by molar-refractivity contribution is -0.136. The molecule has 7 aliphatic rings. The number of aromatic hydroxyl groups is 1. The third kappa shape index (κ3) is 6.71. The summed E-state index contributed by atoms with van der Waals surface area (Å²) in [6, 6.07) is 27.2. The number of hydrogen-bond donors (Lipinski definition) is 2. The molecule has 11 rings (SSSR count). The second kappa shape index (κ2) is 15.1. The van der Waals surface area contributed by atoms with Crippen LogP contribution in [0, 0.1) is 11.3 Å². The summed E-state index contributed by atoms with van der Waals surface area (Å²) in [6.45, 7) is 7.05. The molecule has 4 fully saturated rings. The van der Waals surface area contributed by atoms with E-state index in [2.05, 4.69) is 74.6 Å². The van der Waals surface area contributed by atoms with Crippen LogP contribution in [0.3, 0.4) is 0 Å². The molecule has 11 heteroatoms. The fourth-order valence-corrected chi connectivity index (χ4v) is 12.4. The van der Waals surface area contributed by atoms with E-state index in [0.717, 1.165) is 80.8 Å². The maximum absolute atomic E-state index is 13.4. The first-order valence-corrected chi connectivity index (χ1v) is 22.5. The van der Waals surface area contributed by atoms with Crippen LogP contribution in [0.1, 0.15) is 95.0 Å². The molecule has 3 amide bonds. The number of carbonyl (C=O) groups excluding carboxylic acids is 3. The average Bonchev–Trinajstić information content (AvgIpc) is 3.61. The fraction of sp³-hybridized carbons (Fsp3) is 0.460. The van der Waals surface area contributed by atoms with E-state index in [4.69, 9.17) is 9.47 Å². The summed E-state index contributed by atoms with van der Waals surface area (Å²) in [6.07, 6.45) is 7.60. The van der Waals surface area contributed by atoms with Gasteiger partial charge >= 0.3 is 0 Å². The van der Waals surface area contributed by atoms with Crippen molar-refractivity contribution in [1.29, 1.82) is 0 Å². The Hall–Kier alpha value is -5.55. The normalized spacial score (nSPS) is 25.9. The van der Waals surface area contributed by atoms with Crippen molar-refractivity contribution in [2.45, 2.75) is 81.8 Å². The molecule has 4 aromatic carbocycles. The zero-order valence-electron chi connectivity index (χ0n) is 35.0. The number of benzene rings is 4.